The number of hydrogen-bond acceptors (Lipinski definition) is 3. The maximum absolute atomic E-state index is 13.4. The van der Waals surface area contributed by atoms with E-state index in [-0.39, 0.29) is 12.1 Å². The van der Waals surface area contributed by atoms with Crippen LogP contribution in [0.5, 0.6) is 0 Å². The van der Waals surface area contributed by atoms with E-state index in [1.807, 2.05) is 0 Å². The first-order valence-corrected chi connectivity index (χ1v) is 5.23. The topological polar surface area (TPSA) is 47.8 Å². The summed E-state index contributed by atoms with van der Waals surface area (Å²) < 4.78 is 63.6. The van der Waals surface area contributed by atoms with Crippen LogP contribution in [0, 0.1) is 11.6 Å². The van der Waals surface area contributed by atoms with Crippen LogP contribution in [0.25, 0.3) is 0 Å². The van der Waals surface area contributed by atoms with Crippen LogP contribution in [-0.4, -0.2) is 27.0 Å². The molecule has 0 atom stereocenters. The number of carbonyl (C=O) groups is 1. The summed E-state index contributed by atoms with van der Waals surface area (Å²) in [6, 6.07) is 3.39. The van der Waals surface area contributed by atoms with E-state index in [0.29, 0.717) is 0 Å². The standard InChI is InChI=1S/C11H6F5N3O/c12-7-3-1-2-6(9(7)13)4-19-5-8(17-18-19)10(20)11(14,15)16/h1-3,5H,4H2. The van der Waals surface area contributed by atoms with Crippen LogP contribution in [-0.2, 0) is 6.54 Å². The molecule has 0 spiro atoms. The molecular formula is C11H6F5N3O. The quantitative estimate of drug-likeness (QED) is 0.644. The molecule has 2 rings (SSSR count). The SMILES string of the molecule is O=C(c1cn(Cc2cccc(F)c2F)nn1)C(F)(F)F. The van der Waals surface area contributed by atoms with Gasteiger partial charge in [-0.1, -0.05) is 17.3 Å². The summed E-state index contributed by atoms with van der Waals surface area (Å²) in [4.78, 5) is 10.9. The molecule has 0 aliphatic heterocycles. The summed E-state index contributed by atoms with van der Waals surface area (Å²) >= 11 is 0. The molecule has 0 amide bonds. The second-order valence-electron chi connectivity index (χ2n) is 3.84. The van der Waals surface area contributed by atoms with Gasteiger partial charge in [0, 0.05) is 5.56 Å². The summed E-state index contributed by atoms with van der Waals surface area (Å²) in [5, 5.41) is 6.33. The molecule has 0 fully saturated rings. The van der Waals surface area contributed by atoms with Gasteiger partial charge < -0.3 is 0 Å². The Morgan fingerprint density at radius 1 is 1.25 bits per heavy atom. The van der Waals surface area contributed by atoms with Gasteiger partial charge in [-0.2, -0.15) is 13.2 Å². The molecular weight excluding hydrogens is 285 g/mol. The highest BCUT2D eigenvalue weighted by Gasteiger charge is 2.41. The second-order valence-corrected chi connectivity index (χ2v) is 3.84. The fraction of sp³-hybridized carbons (Fsp3) is 0.182. The van der Waals surface area contributed by atoms with Crippen LogP contribution in [0.2, 0.25) is 0 Å². The Morgan fingerprint density at radius 3 is 2.60 bits per heavy atom. The van der Waals surface area contributed by atoms with E-state index in [1.54, 1.807) is 0 Å². The highest BCUT2D eigenvalue weighted by molar-refractivity contribution is 5.98. The summed E-state index contributed by atoms with van der Waals surface area (Å²) in [7, 11) is 0. The molecule has 0 radical (unpaired) electrons. The van der Waals surface area contributed by atoms with Gasteiger partial charge in [0.15, 0.2) is 17.3 Å². The molecule has 20 heavy (non-hydrogen) atoms. The molecule has 1 heterocycles. The van der Waals surface area contributed by atoms with Crippen LogP contribution in [0.3, 0.4) is 0 Å². The van der Waals surface area contributed by atoms with Crippen molar-refractivity contribution in [3.05, 3.63) is 47.3 Å². The van der Waals surface area contributed by atoms with E-state index in [9.17, 15) is 26.7 Å². The van der Waals surface area contributed by atoms with Gasteiger partial charge in [-0.25, -0.2) is 13.5 Å². The zero-order chi connectivity index (χ0) is 14.9. The van der Waals surface area contributed by atoms with Crippen LogP contribution < -0.4 is 0 Å². The molecule has 0 bridgehead atoms. The minimum atomic E-state index is -5.06. The van der Waals surface area contributed by atoms with E-state index in [2.05, 4.69) is 10.3 Å². The molecule has 0 N–H and O–H groups in total. The summed E-state index contributed by atoms with van der Waals surface area (Å²) in [6.07, 6.45) is -4.34. The number of hydrogen-bond donors (Lipinski definition) is 0. The second kappa shape index (κ2) is 4.99. The Hall–Kier alpha value is -2.32. The number of aromatic nitrogens is 3. The Balaban J connectivity index is 2.22. The van der Waals surface area contributed by atoms with Crippen LogP contribution in [0.4, 0.5) is 22.0 Å². The first-order chi connectivity index (χ1) is 9.29. The number of nitrogens with zero attached hydrogens (tertiary/aromatic N) is 3. The van der Waals surface area contributed by atoms with Crippen molar-refractivity contribution in [2.75, 3.05) is 0 Å². The molecule has 0 saturated heterocycles. The fourth-order valence-corrected chi connectivity index (χ4v) is 1.47. The highest BCUT2D eigenvalue weighted by atomic mass is 19.4. The third-order valence-electron chi connectivity index (χ3n) is 2.39. The molecule has 1 aromatic carbocycles. The average Bonchev–Trinajstić information content (AvgIpc) is 2.81. The molecule has 106 valence electrons. The van der Waals surface area contributed by atoms with E-state index in [1.165, 1.54) is 12.1 Å². The smallest absolute Gasteiger partial charge is 0.282 e. The molecule has 0 aliphatic carbocycles. The molecule has 1 aromatic heterocycles. The Bertz CT molecular complexity index is 650. The third kappa shape index (κ3) is 2.81. The zero-order valence-electron chi connectivity index (χ0n) is 9.66. The van der Waals surface area contributed by atoms with Crippen LogP contribution in [0.1, 0.15) is 16.1 Å². The van der Waals surface area contributed by atoms with Gasteiger partial charge in [0.1, 0.15) is 0 Å². The number of ketones is 1. The van der Waals surface area contributed by atoms with Crippen LogP contribution in [0.15, 0.2) is 24.4 Å². The molecule has 4 nitrogen and oxygen atoms in total. The number of alkyl halides is 3. The van der Waals surface area contributed by atoms with Gasteiger partial charge >= 0.3 is 6.18 Å². The van der Waals surface area contributed by atoms with E-state index in [0.717, 1.165) is 16.9 Å². The lowest BCUT2D eigenvalue weighted by Crippen LogP contribution is -2.23. The maximum Gasteiger partial charge on any atom is 0.456 e. The van der Waals surface area contributed by atoms with Crippen molar-refractivity contribution < 1.29 is 26.7 Å². The lowest BCUT2D eigenvalue weighted by atomic mass is 10.2. The van der Waals surface area contributed by atoms with E-state index < -0.39 is 29.3 Å². The number of benzene rings is 1. The zero-order valence-corrected chi connectivity index (χ0v) is 9.66. The summed E-state index contributed by atoms with van der Waals surface area (Å²) in [6.45, 7) is -0.346. The van der Waals surface area contributed by atoms with E-state index in [4.69, 9.17) is 0 Å². The molecule has 9 heteroatoms. The van der Waals surface area contributed by atoms with Crippen molar-refractivity contribution in [2.24, 2.45) is 0 Å². The van der Waals surface area contributed by atoms with E-state index >= 15 is 0 Å². The molecule has 0 unspecified atom stereocenters. The predicted octanol–water partition coefficient (Wildman–Crippen LogP) is 2.35. The van der Waals surface area contributed by atoms with Crippen molar-refractivity contribution in [1.82, 2.24) is 15.0 Å². The van der Waals surface area contributed by atoms with Gasteiger partial charge in [0.05, 0.1) is 12.7 Å². The largest absolute Gasteiger partial charge is 0.456 e. The minimum Gasteiger partial charge on any atom is -0.282 e. The van der Waals surface area contributed by atoms with Crippen molar-refractivity contribution in [3.63, 3.8) is 0 Å². The maximum atomic E-state index is 13.4. The predicted molar refractivity (Wildman–Crippen MR) is 55.9 cm³/mol. The van der Waals surface area contributed by atoms with Gasteiger partial charge in [0.2, 0.25) is 0 Å². The van der Waals surface area contributed by atoms with Gasteiger partial charge in [-0.05, 0) is 6.07 Å². The number of rotatable bonds is 3. The van der Waals surface area contributed by atoms with Crippen molar-refractivity contribution >= 4 is 5.78 Å². The first kappa shape index (κ1) is 14.1. The lowest BCUT2D eigenvalue weighted by molar-refractivity contribution is -0.0888. The summed E-state index contributed by atoms with van der Waals surface area (Å²) in [5.74, 6) is -4.37. The molecule has 0 saturated carbocycles. The van der Waals surface area contributed by atoms with Crippen molar-refractivity contribution in [1.29, 1.82) is 0 Å². The lowest BCUT2D eigenvalue weighted by Gasteiger charge is -2.03. The van der Waals surface area contributed by atoms with Crippen molar-refractivity contribution in [3.8, 4) is 0 Å². The first-order valence-electron chi connectivity index (χ1n) is 5.23. The monoisotopic (exact) mass is 291 g/mol. The summed E-state index contributed by atoms with van der Waals surface area (Å²) in [5.41, 5.74) is -1.03. The normalized spacial score (nSPS) is 11.7. The Labute approximate surface area is 108 Å². The van der Waals surface area contributed by atoms with Gasteiger partial charge in [-0.3, -0.25) is 4.79 Å². The average molecular weight is 291 g/mol. The number of halogens is 5. The Kier molecular flexibility index (Phi) is 3.51. The minimum absolute atomic E-state index is 0.124. The number of Topliss-reactive ketones (excluding diaryl/α,β-unsaturated/α-hetero) is 1. The fourth-order valence-electron chi connectivity index (χ4n) is 1.47. The van der Waals surface area contributed by atoms with Crippen molar-refractivity contribution in [2.45, 2.75) is 12.7 Å². The number of carbonyl (C=O) groups excluding carboxylic acids is 1. The molecule has 2 aromatic rings. The highest BCUT2D eigenvalue weighted by Crippen LogP contribution is 2.20. The Morgan fingerprint density at radius 2 is 1.95 bits per heavy atom. The third-order valence-corrected chi connectivity index (χ3v) is 2.39. The molecule has 0 aliphatic rings. The van der Waals surface area contributed by atoms with Gasteiger partial charge in [-0.15, -0.1) is 5.10 Å². The van der Waals surface area contributed by atoms with Gasteiger partial charge in [0.25, 0.3) is 5.78 Å². The van der Waals surface area contributed by atoms with Crippen LogP contribution >= 0.6 is 0 Å².